The van der Waals surface area contributed by atoms with Crippen LogP contribution < -0.4 is 5.11 Å². The molecule has 0 bridgehead atoms. The summed E-state index contributed by atoms with van der Waals surface area (Å²) in [6, 6.07) is 0. The number of aliphatic hydroxyl groups excluding tert-OH is 3. The Balaban J connectivity index is 2.50. The molecule has 0 aromatic carbocycles. The molecule has 0 heterocycles. The Bertz CT molecular complexity index is 469. The maximum absolute atomic E-state index is 10.3. The lowest BCUT2D eigenvalue weighted by Crippen LogP contribution is -2.21. The van der Waals surface area contributed by atoms with Gasteiger partial charge in [-0.25, -0.2) is 0 Å². The minimum Gasteiger partial charge on any atom is -0.550 e. The van der Waals surface area contributed by atoms with Crippen LogP contribution in [-0.2, 0) is 4.79 Å². The fourth-order valence-electron chi connectivity index (χ4n) is 3.18. The van der Waals surface area contributed by atoms with E-state index in [1.54, 1.807) is 6.08 Å². The molecule has 5 heteroatoms. The molecule has 0 radical (unpaired) electrons. The van der Waals surface area contributed by atoms with Crippen LogP contribution in [0.15, 0.2) is 36.5 Å². The molecule has 5 nitrogen and oxygen atoms in total. The fourth-order valence-corrected chi connectivity index (χ4v) is 3.18. The van der Waals surface area contributed by atoms with E-state index in [4.69, 9.17) is 0 Å². The van der Waals surface area contributed by atoms with Gasteiger partial charge in [-0.2, -0.15) is 0 Å². The van der Waals surface area contributed by atoms with Gasteiger partial charge in [0, 0.05) is 18.3 Å². The van der Waals surface area contributed by atoms with E-state index in [9.17, 15) is 25.2 Å². The van der Waals surface area contributed by atoms with Gasteiger partial charge in [0.05, 0.1) is 18.3 Å². The highest BCUT2D eigenvalue weighted by atomic mass is 16.4. The summed E-state index contributed by atoms with van der Waals surface area (Å²) >= 11 is 0. The summed E-state index contributed by atoms with van der Waals surface area (Å²) < 4.78 is 0. The second-order valence-corrected chi connectivity index (χ2v) is 6.65. The van der Waals surface area contributed by atoms with E-state index in [0.29, 0.717) is 32.1 Å². The molecule has 1 fully saturated rings. The lowest BCUT2D eigenvalue weighted by molar-refractivity contribution is -0.305. The van der Waals surface area contributed by atoms with Crippen LogP contribution in [0, 0.1) is 11.8 Å². The van der Waals surface area contributed by atoms with Crippen molar-refractivity contribution in [2.75, 3.05) is 0 Å². The van der Waals surface area contributed by atoms with Crippen molar-refractivity contribution >= 4 is 5.97 Å². The summed E-state index contributed by atoms with van der Waals surface area (Å²) in [4.78, 5) is 10.3. The van der Waals surface area contributed by atoms with Crippen LogP contribution in [0.2, 0.25) is 0 Å². The quantitative estimate of drug-likeness (QED) is 0.387. The summed E-state index contributed by atoms with van der Waals surface area (Å²) in [6.45, 7) is 2.03. The summed E-state index contributed by atoms with van der Waals surface area (Å²) in [7, 11) is 0. The van der Waals surface area contributed by atoms with Crippen LogP contribution >= 0.6 is 0 Å². The molecule has 0 unspecified atom stereocenters. The third kappa shape index (κ3) is 8.47. The van der Waals surface area contributed by atoms with Gasteiger partial charge < -0.3 is 25.2 Å². The third-order valence-corrected chi connectivity index (χ3v) is 4.58. The topological polar surface area (TPSA) is 101 Å². The Labute approximate surface area is 150 Å². The first-order valence-corrected chi connectivity index (χ1v) is 9.18. The summed E-state index contributed by atoms with van der Waals surface area (Å²) in [5.74, 6) is -1.32. The van der Waals surface area contributed by atoms with E-state index in [2.05, 4.69) is 0 Å². The van der Waals surface area contributed by atoms with Crippen molar-refractivity contribution in [2.45, 2.75) is 70.2 Å². The van der Waals surface area contributed by atoms with Gasteiger partial charge >= 0.3 is 0 Å². The molecule has 1 saturated carbocycles. The van der Waals surface area contributed by atoms with Crippen molar-refractivity contribution in [1.82, 2.24) is 0 Å². The average Bonchev–Trinajstić information content (AvgIpc) is 2.82. The van der Waals surface area contributed by atoms with E-state index in [0.717, 1.165) is 6.42 Å². The first kappa shape index (κ1) is 21.6. The highest BCUT2D eigenvalue weighted by Gasteiger charge is 2.39. The summed E-state index contributed by atoms with van der Waals surface area (Å²) in [5.41, 5.74) is 0. The number of aliphatic carboxylic acids is 1. The third-order valence-electron chi connectivity index (χ3n) is 4.58. The maximum atomic E-state index is 10.3. The Morgan fingerprint density at radius 2 is 1.96 bits per heavy atom. The molecule has 1 rings (SSSR count). The molecule has 0 spiro atoms. The van der Waals surface area contributed by atoms with Crippen molar-refractivity contribution in [3.05, 3.63) is 36.5 Å². The summed E-state index contributed by atoms with van der Waals surface area (Å²) in [6.07, 6.45) is 13.2. The summed E-state index contributed by atoms with van der Waals surface area (Å²) in [5, 5.41) is 40.6. The molecular weight excluding hydrogens is 320 g/mol. The van der Waals surface area contributed by atoms with Crippen LogP contribution in [-0.4, -0.2) is 39.6 Å². The molecule has 5 atom stereocenters. The lowest BCUT2D eigenvalue weighted by atomic mass is 9.89. The number of allylic oxidation sites excluding steroid dienone is 3. The second-order valence-electron chi connectivity index (χ2n) is 6.65. The molecule has 0 aromatic rings. The van der Waals surface area contributed by atoms with Gasteiger partial charge in [0.15, 0.2) is 0 Å². The number of aliphatic hydroxyl groups is 3. The molecule has 0 aromatic heterocycles. The van der Waals surface area contributed by atoms with Crippen LogP contribution in [0.5, 0.6) is 0 Å². The Morgan fingerprint density at radius 3 is 2.64 bits per heavy atom. The van der Waals surface area contributed by atoms with Crippen molar-refractivity contribution in [1.29, 1.82) is 0 Å². The highest BCUT2D eigenvalue weighted by molar-refractivity contribution is 5.64. The van der Waals surface area contributed by atoms with Gasteiger partial charge in [0.2, 0.25) is 0 Å². The van der Waals surface area contributed by atoms with Gasteiger partial charge in [-0.05, 0) is 44.4 Å². The van der Waals surface area contributed by atoms with Crippen molar-refractivity contribution in [2.24, 2.45) is 11.8 Å². The molecule has 0 saturated heterocycles. The number of carboxylic acids is 1. The number of unbranched alkanes of at least 4 members (excludes halogenated alkanes) is 1. The molecular formula is C20H31O5-. The number of rotatable bonds is 11. The van der Waals surface area contributed by atoms with Gasteiger partial charge in [0.1, 0.15) is 0 Å². The Hall–Kier alpha value is -1.43. The zero-order valence-corrected chi connectivity index (χ0v) is 15.0. The van der Waals surface area contributed by atoms with Gasteiger partial charge in [-0.3, -0.25) is 0 Å². The predicted octanol–water partition coefficient (Wildman–Crippen LogP) is 1.48. The standard InChI is InChI=1S/C20H32O5/c1-2-3-6-9-15(21)12-13-17-16(18(22)14-19(17)23)10-7-4-5-8-11-20(24)25/h3-4,6-7,12-13,15-19,21-23H,2,5,8-11,14H2,1H3,(H,24,25)/p-1/b6-3-,7-4-,13-12+/t15-,16+,17+,18-,19+/m0/s1. The highest BCUT2D eigenvalue weighted by Crippen LogP contribution is 2.36. The number of hydrogen-bond donors (Lipinski definition) is 3. The number of carboxylic acid groups (broad SMARTS) is 1. The molecule has 1 aliphatic carbocycles. The van der Waals surface area contributed by atoms with E-state index < -0.39 is 24.3 Å². The van der Waals surface area contributed by atoms with Crippen LogP contribution in [0.25, 0.3) is 0 Å². The monoisotopic (exact) mass is 351 g/mol. The van der Waals surface area contributed by atoms with E-state index >= 15 is 0 Å². The first-order chi connectivity index (χ1) is 12.0. The molecule has 3 N–H and O–H groups in total. The zero-order valence-electron chi connectivity index (χ0n) is 15.0. The predicted molar refractivity (Wildman–Crippen MR) is 95.4 cm³/mol. The Kier molecular flexibility index (Phi) is 10.4. The van der Waals surface area contributed by atoms with Crippen molar-refractivity contribution < 1.29 is 25.2 Å². The van der Waals surface area contributed by atoms with E-state index in [1.165, 1.54) is 0 Å². The smallest absolute Gasteiger partial charge is 0.0755 e. The van der Waals surface area contributed by atoms with Crippen LogP contribution in [0.4, 0.5) is 0 Å². The molecule has 1 aliphatic rings. The Morgan fingerprint density at radius 1 is 1.20 bits per heavy atom. The van der Waals surface area contributed by atoms with Crippen LogP contribution in [0.1, 0.15) is 51.9 Å². The average molecular weight is 351 g/mol. The van der Waals surface area contributed by atoms with E-state index in [1.807, 2.05) is 37.3 Å². The van der Waals surface area contributed by atoms with Gasteiger partial charge in [0.25, 0.3) is 0 Å². The van der Waals surface area contributed by atoms with Crippen molar-refractivity contribution in [3.63, 3.8) is 0 Å². The fraction of sp³-hybridized carbons (Fsp3) is 0.650. The lowest BCUT2D eigenvalue weighted by Gasteiger charge is -2.19. The number of hydrogen-bond acceptors (Lipinski definition) is 5. The second kappa shape index (κ2) is 12.0. The minimum absolute atomic E-state index is 0.0465. The number of carbonyl (C=O) groups excluding carboxylic acids is 1. The normalized spacial score (nSPS) is 28.5. The van der Waals surface area contributed by atoms with Crippen molar-refractivity contribution in [3.8, 4) is 0 Å². The first-order valence-electron chi connectivity index (χ1n) is 9.18. The molecule has 0 amide bonds. The molecule has 0 aliphatic heterocycles. The number of carbonyl (C=O) groups is 1. The van der Waals surface area contributed by atoms with Crippen LogP contribution in [0.3, 0.4) is 0 Å². The maximum Gasteiger partial charge on any atom is 0.0755 e. The zero-order chi connectivity index (χ0) is 18.7. The minimum atomic E-state index is -1.04. The van der Waals surface area contributed by atoms with E-state index in [-0.39, 0.29) is 18.3 Å². The molecule has 25 heavy (non-hydrogen) atoms. The molecule has 142 valence electrons. The van der Waals surface area contributed by atoms with Gasteiger partial charge in [-0.15, -0.1) is 0 Å². The van der Waals surface area contributed by atoms with Gasteiger partial charge in [-0.1, -0.05) is 43.4 Å². The largest absolute Gasteiger partial charge is 0.550 e. The SMILES string of the molecule is CC/C=C\C[C@H](O)/C=C/[C@@H]1[C@@H](C/C=C\CCCC(=O)[O-])[C@@H](O)C[C@H]1O.